The van der Waals surface area contributed by atoms with Gasteiger partial charge in [-0.2, -0.15) is 0 Å². The van der Waals surface area contributed by atoms with Crippen LogP contribution in [0, 0.1) is 5.82 Å². The molecule has 1 N–H and O–H groups in total. The monoisotopic (exact) mass is 470 g/mol. The van der Waals surface area contributed by atoms with Crippen molar-refractivity contribution in [3.8, 4) is 5.75 Å². The molecule has 2 aromatic carbocycles. The van der Waals surface area contributed by atoms with Gasteiger partial charge in [-0.25, -0.2) is 4.39 Å². The summed E-state index contributed by atoms with van der Waals surface area (Å²) in [6.07, 6.45) is 0. The Morgan fingerprint density at radius 1 is 1.29 bits per heavy atom. The molecule has 0 heterocycles. The molecule has 2 aromatic rings. The number of hydrogen-bond donors (Lipinski definition) is 1. The van der Waals surface area contributed by atoms with E-state index >= 15 is 0 Å². The number of halogens is 3. The summed E-state index contributed by atoms with van der Waals surface area (Å²) < 4.78 is 20.4. The number of carbonyl (C=O) groups excluding carboxylic acids is 2. The van der Waals surface area contributed by atoms with Crippen LogP contribution in [0.1, 0.15) is 19.4 Å². The molecule has 150 valence electrons. The Labute approximate surface area is 176 Å². The first-order valence-electron chi connectivity index (χ1n) is 8.72. The molecule has 0 bridgehead atoms. The van der Waals surface area contributed by atoms with Crippen LogP contribution in [-0.4, -0.2) is 35.9 Å². The van der Waals surface area contributed by atoms with Crippen LogP contribution in [0.3, 0.4) is 0 Å². The Bertz CT molecular complexity index is 850. The second-order valence-corrected chi connectivity index (χ2v) is 7.37. The predicted octanol–water partition coefficient (Wildman–Crippen LogP) is 4.17. The van der Waals surface area contributed by atoms with Crippen molar-refractivity contribution in [2.45, 2.75) is 26.4 Å². The Morgan fingerprint density at radius 2 is 2.00 bits per heavy atom. The highest BCUT2D eigenvalue weighted by atomic mass is 79.9. The van der Waals surface area contributed by atoms with E-state index in [-0.39, 0.29) is 19.1 Å². The van der Waals surface area contributed by atoms with Gasteiger partial charge in [0.1, 0.15) is 17.6 Å². The van der Waals surface area contributed by atoms with E-state index in [1.165, 1.54) is 11.0 Å². The van der Waals surface area contributed by atoms with E-state index in [9.17, 15) is 14.0 Å². The van der Waals surface area contributed by atoms with Gasteiger partial charge in [0.15, 0.2) is 6.61 Å². The van der Waals surface area contributed by atoms with E-state index in [0.717, 1.165) is 4.47 Å². The minimum Gasteiger partial charge on any atom is -0.482 e. The number of carbonyl (C=O) groups is 2. The van der Waals surface area contributed by atoms with Crippen molar-refractivity contribution < 1.29 is 18.7 Å². The summed E-state index contributed by atoms with van der Waals surface area (Å²) in [5.41, 5.74) is 0.314. The van der Waals surface area contributed by atoms with Crippen molar-refractivity contribution in [3.05, 3.63) is 63.3 Å². The third-order valence-corrected chi connectivity index (χ3v) is 4.85. The van der Waals surface area contributed by atoms with Gasteiger partial charge in [0.2, 0.25) is 5.91 Å². The lowest BCUT2D eigenvalue weighted by Crippen LogP contribution is -2.49. The highest BCUT2D eigenvalue weighted by molar-refractivity contribution is 9.10. The van der Waals surface area contributed by atoms with Gasteiger partial charge in [-0.1, -0.05) is 45.7 Å². The van der Waals surface area contributed by atoms with Crippen LogP contribution in [0.2, 0.25) is 5.02 Å². The zero-order valence-corrected chi connectivity index (χ0v) is 17.9. The lowest BCUT2D eigenvalue weighted by Gasteiger charge is -2.28. The highest BCUT2D eigenvalue weighted by Crippen LogP contribution is 2.27. The quantitative estimate of drug-likeness (QED) is 0.628. The van der Waals surface area contributed by atoms with Crippen molar-refractivity contribution in [2.24, 2.45) is 0 Å². The normalized spacial score (nSPS) is 11.6. The van der Waals surface area contributed by atoms with Crippen molar-refractivity contribution in [3.63, 3.8) is 0 Å². The standard InChI is InChI=1S/C20H21BrClFN2O3/c1-3-24-20(27)13(2)25(11-14-6-4-5-7-17(14)23)19(26)12-28-18-9-8-15(21)10-16(18)22/h4-10,13H,3,11-12H2,1-2H3,(H,24,27)/t13-/m1/s1. The third kappa shape index (κ3) is 5.94. The molecule has 0 saturated heterocycles. The average molecular weight is 472 g/mol. The fourth-order valence-electron chi connectivity index (χ4n) is 2.53. The summed E-state index contributed by atoms with van der Waals surface area (Å²) >= 11 is 9.40. The Balaban J connectivity index is 2.18. The van der Waals surface area contributed by atoms with Gasteiger partial charge < -0.3 is 15.0 Å². The van der Waals surface area contributed by atoms with Crippen LogP contribution in [0.4, 0.5) is 4.39 Å². The third-order valence-electron chi connectivity index (χ3n) is 4.06. The molecule has 0 radical (unpaired) electrons. The SMILES string of the molecule is CCNC(=O)[C@@H](C)N(Cc1ccccc1F)C(=O)COc1ccc(Br)cc1Cl. The Morgan fingerprint density at radius 3 is 2.64 bits per heavy atom. The largest absolute Gasteiger partial charge is 0.482 e. The summed E-state index contributed by atoms with van der Waals surface area (Å²) in [4.78, 5) is 26.4. The van der Waals surface area contributed by atoms with E-state index in [1.807, 2.05) is 0 Å². The molecule has 5 nitrogen and oxygen atoms in total. The molecule has 1 atom stereocenters. The van der Waals surface area contributed by atoms with Gasteiger partial charge in [-0.15, -0.1) is 0 Å². The summed E-state index contributed by atoms with van der Waals surface area (Å²) in [6, 6.07) is 10.4. The van der Waals surface area contributed by atoms with Crippen LogP contribution in [0.5, 0.6) is 5.75 Å². The van der Waals surface area contributed by atoms with Crippen molar-refractivity contribution in [1.29, 1.82) is 0 Å². The van der Waals surface area contributed by atoms with Crippen LogP contribution in [0.25, 0.3) is 0 Å². The number of rotatable bonds is 8. The minimum atomic E-state index is -0.795. The zero-order chi connectivity index (χ0) is 20.7. The number of nitrogens with one attached hydrogen (secondary N) is 1. The molecule has 0 aromatic heterocycles. The maximum atomic E-state index is 14.1. The first-order chi connectivity index (χ1) is 13.3. The molecule has 2 rings (SSSR count). The Kier molecular flexibility index (Phi) is 8.26. The minimum absolute atomic E-state index is 0.0543. The molecule has 0 unspecified atom stereocenters. The number of amides is 2. The lowest BCUT2D eigenvalue weighted by atomic mass is 10.1. The highest BCUT2D eigenvalue weighted by Gasteiger charge is 2.27. The molecule has 0 fully saturated rings. The molecule has 0 aliphatic carbocycles. The summed E-state index contributed by atoms with van der Waals surface area (Å²) in [7, 11) is 0. The first kappa shape index (κ1) is 22.2. The number of likely N-dealkylation sites (N-methyl/N-ethyl adjacent to an activating group) is 1. The van der Waals surface area contributed by atoms with Crippen LogP contribution in [-0.2, 0) is 16.1 Å². The van der Waals surface area contributed by atoms with E-state index in [4.69, 9.17) is 16.3 Å². The topological polar surface area (TPSA) is 58.6 Å². The van der Waals surface area contributed by atoms with Crippen molar-refractivity contribution in [1.82, 2.24) is 10.2 Å². The molecular formula is C20H21BrClFN2O3. The van der Waals surface area contributed by atoms with E-state index in [2.05, 4.69) is 21.2 Å². The van der Waals surface area contributed by atoms with Gasteiger partial charge in [0, 0.05) is 23.1 Å². The van der Waals surface area contributed by atoms with Crippen molar-refractivity contribution in [2.75, 3.05) is 13.2 Å². The number of ether oxygens (including phenoxy) is 1. The lowest BCUT2D eigenvalue weighted by molar-refractivity contribution is -0.142. The van der Waals surface area contributed by atoms with Crippen molar-refractivity contribution >= 4 is 39.3 Å². The van der Waals surface area contributed by atoms with E-state index in [0.29, 0.717) is 22.9 Å². The fourth-order valence-corrected chi connectivity index (χ4v) is 3.26. The molecule has 0 spiro atoms. The van der Waals surface area contributed by atoms with Gasteiger partial charge >= 0.3 is 0 Å². The zero-order valence-electron chi connectivity index (χ0n) is 15.5. The molecule has 8 heteroatoms. The Hall–Kier alpha value is -2.12. The molecule has 2 amide bonds. The molecule has 0 aliphatic heterocycles. The van der Waals surface area contributed by atoms with Gasteiger partial charge in [0.05, 0.1) is 5.02 Å². The van der Waals surface area contributed by atoms with Crippen LogP contribution < -0.4 is 10.1 Å². The second-order valence-electron chi connectivity index (χ2n) is 6.05. The summed E-state index contributed by atoms with van der Waals surface area (Å²) in [5, 5.41) is 3.02. The second kappa shape index (κ2) is 10.4. The smallest absolute Gasteiger partial charge is 0.261 e. The first-order valence-corrected chi connectivity index (χ1v) is 9.89. The molecule has 0 saturated carbocycles. The van der Waals surface area contributed by atoms with Crippen LogP contribution >= 0.6 is 27.5 Å². The summed E-state index contributed by atoms with van der Waals surface area (Å²) in [6.45, 7) is 3.42. The molecule has 0 aliphatic rings. The predicted molar refractivity (Wildman–Crippen MR) is 110 cm³/mol. The molecule has 28 heavy (non-hydrogen) atoms. The number of benzene rings is 2. The van der Waals surface area contributed by atoms with E-state index < -0.39 is 17.8 Å². The van der Waals surface area contributed by atoms with Gasteiger partial charge in [-0.3, -0.25) is 9.59 Å². The molecular weight excluding hydrogens is 451 g/mol. The van der Waals surface area contributed by atoms with Crippen LogP contribution in [0.15, 0.2) is 46.9 Å². The van der Waals surface area contributed by atoms with Gasteiger partial charge in [0.25, 0.3) is 5.91 Å². The summed E-state index contributed by atoms with van der Waals surface area (Å²) in [5.74, 6) is -0.884. The maximum Gasteiger partial charge on any atom is 0.261 e. The average Bonchev–Trinajstić information content (AvgIpc) is 2.66. The van der Waals surface area contributed by atoms with Gasteiger partial charge in [-0.05, 0) is 38.1 Å². The number of hydrogen-bond acceptors (Lipinski definition) is 3. The fraction of sp³-hybridized carbons (Fsp3) is 0.300. The maximum absolute atomic E-state index is 14.1. The number of nitrogens with zero attached hydrogens (tertiary/aromatic N) is 1. The van der Waals surface area contributed by atoms with E-state index in [1.54, 1.807) is 50.2 Å².